The molecule has 1 heterocycles. The molecule has 0 saturated heterocycles. The van der Waals surface area contributed by atoms with Crippen LogP contribution in [0.1, 0.15) is 0 Å². The van der Waals surface area contributed by atoms with Crippen LogP contribution in [0.2, 0.25) is 0 Å². The van der Waals surface area contributed by atoms with Crippen LogP contribution in [0.5, 0.6) is 0 Å². The Balaban J connectivity index is 1.36. The summed E-state index contributed by atoms with van der Waals surface area (Å²) in [5.41, 5.74) is 9.97. The summed E-state index contributed by atoms with van der Waals surface area (Å²) in [7, 11) is 0. The Morgan fingerprint density at radius 3 is 0.960 bits per heavy atom. The minimum atomic E-state index is 0.638. The third-order valence-electron chi connectivity index (χ3n) is 9.31. The number of rotatable bonds is 6. The van der Waals surface area contributed by atoms with Crippen LogP contribution in [0.25, 0.3) is 89.1 Å². The predicted octanol–water partition coefficient (Wildman–Crippen LogP) is 12.2. The van der Waals surface area contributed by atoms with Gasteiger partial charge in [-0.05, 0) is 67.1 Å². The SMILES string of the molecule is c1ccc(-c2ccc3c(-c4ccccc4)c4cc(-c5nc(-c6ccccc6)nc(-c6ccccc6)n5)ccc4c(-c4ccccc4)c3c2)cc1. The van der Waals surface area contributed by atoms with E-state index in [0.29, 0.717) is 17.5 Å². The molecule has 0 aliphatic carbocycles. The van der Waals surface area contributed by atoms with Crippen molar-refractivity contribution < 1.29 is 0 Å². The van der Waals surface area contributed by atoms with Crippen molar-refractivity contribution in [3.63, 3.8) is 0 Å². The molecule has 8 aromatic carbocycles. The standard InChI is InChI=1S/C47H31N3/c1-6-16-32(17-7-1)37-26-28-39-41(30-37)43(33-18-8-2-9-19-33)40-29-27-38(31-42(40)44(39)34-20-10-3-11-21-34)47-49-45(35-22-12-4-13-23-35)48-46(50-47)36-24-14-5-15-25-36/h1-31H. The highest BCUT2D eigenvalue weighted by atomic mass is 15.0. The first kappa shape index (κ1) is 29.4. The molecule has 0 atom stereocenters. The molecule has 0 aliphatic heterocycles. The lowest BCUT2D eigenvalue weighted by Crippen LogP contribution is -2.00. The van der Waals surface area contributed by atoms with E-state index in [1.54, 1.807) is 0 Å². The summed E-state index contributed by atoms with van der Waals surface area (Å²) < 4.78 is 0. The average molecular weight is 638 g/mol. The summed E-state index contributed by atoms with van der Waals surface area (Å²) >= 11 is 0. The number of hydrogen-bond donors (Lipinski definition) is 0. The molecule has 0 aliphatic rings. The third-order valence-corrected chi connectivity index (χ3v) is 9.31. The quantitative estimate of drug-likeness (QED) is 0.170. The lowest BCUT2D eigenvalue weighted by Gasteiger charge is -2.19. The summed E-state index contributed by atoms with van der Waals surface area (Å²) in [5, 5.41) is 4.74. The van der Waals surface area contributed by atoms with Crippen LogP contribution in [0.4, 0.5) is 0 Å². The van der Waals surface area contributed by atoms with E-state index >= 15 is 0 Å². The van der Waals surface area contributed by atoms with Crippen molar-refractivity contribution in [2.24, 2.45) is 0 Å². The number of hydrogen-bond acceptors (Lipinski definition) is 3. The van der Waals surface area contributed by atoms with Crippen molar-refractivity contribution >= 4 is 21.5 Å². The lowest BCUT2D eigenvalue weighted by molar-refractivity contribution is 1.07. The minimum absolute atomic E-state index is 0.638. The first-order chi connectivity index (χ1) is 24.8. The van der Waals surface area contributed by atoms with Gasteiger partial charge in [-0.3, -0.25) is 0 Å². The maximum atomic E-state index is 5.07. The molecule has 3 nitrogen and oxygen atoms in total. The molecule has 0 N–H and O–H groups in total. The average Bonchev–Trinajstić information content (AvgIpc) is 3.21. The van der Waals surface area contributed by atoms with E-state index in [0.717, 1.165) is 27.6 Å². The van der Waals surface area contributed by atoms with Crippen LogP contribution < -0.4 is 0 Å². The lowest BCUT2D eigenvalue weighted by atomic mass is 9.84. The van der Waals surface area contributed by atoms with E-state index in [9.17, 15) is 0 Å². The maximum Gasteiger partial charge on any atom is 0.164 e. The molecule has 0 fully saturated rings. The van der Waals surface area contributed by atoms with Crippen molar-refractivity contribution in [3.8, 4) is 67.5 Å². The smallest absolute Gasteiger partial charge is 0.164 e. The fraction of sp³-hybridized carbons (Fsp3) is 0. The van der Waals surface area contributed by atoms with Crippen LogP contribution in [0, 0.1) is 0 Å². The minimum Gasteiger partial charge on any atom is -0.208 e. The molecule has 0 amide bonds. The van der Waals surface area contributed by atoms with E-state index < -0.39 is 0 Å². The Labute approximate surface area is 291 Å². The van der Waals surface area contributed by atoms with Gasteiger partial charge in [0.1, 0.15) is 0 Å². The fourth-order valence-electron chi connectivity index (χ4n) is 6.95. The molecule has 0 spiro atoms. The van der Waals surface area contributed by atoms with E-state index in [-0.39, 0.29) is 0 Å². The van der Waals surface area contributed by atoms with Gasteiger partial charge in [-0.2, -0.15) is 0 Å². The van der Waals surface area contributed by atoms with Crippen molar-refractivity contribution in [3.05, 3.63) is 188 Å². The summed E-state index contributed by atoms with van der Waals surface area (Å²) in [6.07, 6.45) is 0. The summed E-state index contributed by atoms with van der Waals surface area (Å²) in [4.78, 5) is 15.1. The second-order valence-corrected chi connectivity index (χ2v) is 12.4. The molecule has 0 radical (unpaired) electrons. The Morgan fingerprint density at radius 2 is 0.540 bits per heavy atom. The first-order valence-electron chi connectivity index (χ1n) is 16.9. The normalized spacial score (nSPS) is 11.2. The molecule has 3 heteroatoms. The monoisotopic (exact) mass is 637 g/mol. The molecule has 1 aromatic heterocycles. The van der Waals surface area contributed by atoms with E-state index in [2.05, 4.69) is 127 Å². The predicted molar refractivity (Wildman–Crippen MR) is 207 cm³/mol. The van der Waals surface area contributed by atoms with Gasteiger partial charge in [0.05, 0.1) is 0 Å². The zero-order valence-electron chi connectivity index (χ0n) is 27.2. The van der Waals surface area contributed by atoms with Crippen molar-refractivity contribution in [2.75, 3.05) is 0 Å². The largest absolute Gasteiger partial charge is 0.208 e. The van der Waals surface area contributed by atoms with E-state index in [1.807, 2.05) is 60.7 Å². The molecule has 0 bridgehead atoms. The highest BCUT2D eigenvalue weighted by Crippen LogP contribution is 2.45. The van der Waals surface area contributed by atoms with Crippen molar-refractivity contribution in [2.45, 2.75) is 0 Å². The van der Waals surface area contributed by atoms with E-state index in [1.165, 1.54) is 44.0 Å². The summed E-state index contributed by atoms with van der Waals surface area (Å²) in [6, 6.07) is 65.9. The Morgan fingerprint density at radius 1 is 0.220 bits per heavy atom. The summed E-state index contributed by atoms with van der Waals surface area (Å²) in [5.74, 6) is 1.93. The topological polar surface area (TPSA) is 38.7 Å². The summed E-state index contributed by atoms with van der Waals surface area (Å²) in [6.45, 7) is 0. The van der Waals surface area contributed by atoms with Crippen LogP contribution in [-0.4, -0.2) is 15.0 Å². The molecular weight excluding hydrogens is 607 g/mol. The van der Waals surface area contributed by atoms with Crippen LogP contribution in [0.3, 0.4) is 0 Å². The highest BCUT2D eigenvalue weighted by molar-refractivity contribution is 6.22. The highest BCUT2D eigenvalue weighted by Gasteiger charge is 2.20. The Hall–Kier alpha value is -6.71. The Bertz CT molecular complexity index is 2550. The molecule has 0 saturated carbocycles. The van der Waals surface area contributed by atoms with Crippen molar-refractivity contribution in [1.82, 2.24) is 15.0 Å². The van der Waals surface area contributed by atoms with E-state index in [4.69, 9.17) is 15.0 Å². The molecule has 234 valence electrons. The van der Waals surface area contributed by atoms with Gasteiger partial charge in [-0.25, -0.2) is 15.0 Å². The molecule has 50 heavy (non-hydrogen) atoms. The zero-order chi connectivity index (χ0) is 33.3. The van der Waals surface area contributed by atoms with Crippen LogP contribution in [0.15, 0.2) is 188 Å². The van der Waals surface area contributed by atoms with Gasteiger partial charge >= 0.3 is 0 Å². The van der Waals surface area contributed by atoms with Gasteiger partial charge < -0.3 is 0 Å². The zero-order valence-corrected chi connectivity index (χ0v) is 27.2. The number of nitrogens with zero attached hydrogens (tertiary/aromatic N) is 3. The maximum absolute atomic E-state index is 5.07. The van der Waals surface area contributed by atoms with Gasteiger partial charge in [-0.15, -0.1) is 0 Å². The van der Waals surface area contributed by atoms with Gasteiger partial charge in [0.2, 0.25) is 0 Å². The van der Waals surface area contributed by atoms with Gasteiger partial charge in [0.15, 0.2) is 17.5 Å². The third kappa shape index (κ3) is 5.41. The molecule has 9 aromatic rings. The van der Waals surface area contributed by atoms with Crippen LogP contribution >= 0.6 is 0 Å². The first-order valence-corrected chi connectivity index (χ1v) is 16.9. The number of fused-ring (bicyclic) bond motifs is 2. The number of aromatic nitrogens is 3. The molecule has 9 rings (SSSR count). The fourth-order valence-corrected chi connectivity index (χ4v) is 6.95. The van der Waals surface area contributed by atoms with Gasteiger partial charge in [-0.1, -0.05) is 176 Å². The van der Waals surface area contributed by atoms with Crippen molar-refractivity contribution in [1.29, 1.82) is 0 Å². The number of benzene rings is 8. The van der Waals surface area contributed by atoms with Crippen LogP contribution in [-0.2, 0) is 0 Å². The van der Waals surface area contributed by atoms with Gasteiger partial charge in [0.25, 0.3) is 0 Å². The Kier molecular flexibility index (Phi) is 7.49. The second kappa shape index (κ2) is 12.7. The molecule has 0 unspecified atom stereocenters. The molecular formula is C47H31N3. The van der Waals surface area contributed by atoms with Gasteiger partial charge in [0, 0.05) is 16.7 Å². The second-order valence-electron chi connectivity index (χ2n) is 12.4.